The lowest BCUT2D eigenvalue weighted by atomic mass is 9.78. The molecule has 2 amide bonds. The van der Waals surface area contributed by atoms with E-state index in [0.29, 0.717) is 6.04 Å². The Kier molecular flexibility index (Phi) is 5.52. The summed E-state index contributed by atoms with van der Waals surface area (Å²) in [5.41, 5.74) is 4.56. The number of carbonyl (C=O) groups is 2. The maximum Gasteiger partial charge on any atom is 0.241 e. The van der Waals surface area contributed by atoms with Gasteiger partial charge in [-0.1, -0.05) is 6.07 Å². The Balaban J connectivity index is 1.20. The number of nitrogens with one attached hydrogen (secondary N) is 1. The van der Waals surface area contributed by atoms with E-state index in [2.05, 4.69) is 21.4 Å². The number of anilines is 1. The summed E-state index contributed by atoms with van der Waals surface area (Å²) >= 11 is 0. The van der Waals surface area contributed by atoms with Crippen molar-refractivity contribution >= 4 is 17.5 Å². The number of carbonyl (C=O) groups excluding carboxylic acids is 2. The number of benzene rings is 1. The van der Waals surface area contributed by atoms with Crippen molar-refractivity contribution < 1.29 is 14.3 Å². The molecule has 5 rings (SSSR count). The van der Waals surface area contributed by atoms with Crippen LogP contribution in [-0.2, 0) is 9.59 Å². The minimum absolute atomic E-state index is 0.0130. The molecule has 4 fully saturated rings. The molecule has 4 atom stereocenters. The molecule has 3 heterocycles. The number of hydrogen-bond acceptors (Lipinski definition) is 6. The lowest BCUT2D eigenvalue weighted by molar-refractivity contribution is -0.155. The first-order chi connectivity index (χ1) is 15.1. The molecule has 3 aliphatic heterocycles. The summed E-state index contributed by atoms with van der Waals surface area (Å²) < 4.78 is 5.34. The van der Waals surface area contributed by atoms with Crippen molar-refractivity contribution in [2.45, 2.75) is 43.8 Å². The molecule has 1 aromatic rings. The van der Waals surface area contributed by atoms with E-state index in [4.69, 9.17) is 4.74 Å². The predicted molar refractivity (Wildman–Crippen MR) is 118 cm³/mol. The molecule has 8 heteroatoms. The number of piperazine rings is 2. The van der Waals surface area contributed by atoms with Crippen molar-refractivity contribution in [3.05, 3.63) is 24.3 Å². The Morgan fingerprint density at radius 3 is 2.68 bits per heavy atom. The van der Waals surface area contributed by atoms with Gasteiger partial charge >= 0.3 is 0 Å². The molecule has 0 radical (unpaired) electrons. The zero-order chi connectivity index (χ0) is 21.5. The average Bonchev–Trinajstić information content (AvgIpc) is 3.32. The highest BCUT2D eigenvalue weighted by atomic mass is 16.5. The van der Waals surface area contributed by atoms with E-state index in [9.17, 15) is 9.59 Å². The zero-order valence-electron chi connectivity index (χ0n) is 18.5. The van der Waals surface area contributed by atoms with Crippen molar-refractivity contribution in [1.82, 2.24) is 20.2 Å². The van der Waals surface area contributed by atoms with Gasteiger partial charge in [-0.2, -0.15) is 0 Å². The fourth-order valence-corrected chi connectivity index (χ4v) is 5.92. The predicted octanol–water partition coefficient (Wildman–Crippen LogP) is 0.932. The summed E-state index contributed by atoms with van der Waals surface area (Å²) in [7, 11) is 3.61. The third-order valence-electron chi connectivity index (χ3n) is 7.68. The second-order valence-electron chi connectivity index (χ2n) is 9.23. The molecule has 4 aliphatic rings. The number of rotatable bonds is 3. The number of methoxy groups -OCH3 is 1. The number of nitrogens with zero attached hydrogens (tertiary/aromatic N) is 4. The van der Waals surface area contributed by atoms with E-state index in [-0.39, 0.29) is 29.8 Å². The van der Waals surface area contributed by atoms with E-state index < -0.39 is 0 Å². The number of fused-ring (bicyclic) bond motifs is 3. The molecule has 1 saturated carbocycles. The average molecular weight is 428 g/mol. The van der Waals surface area contributed by atoms with E-state index in [1.165, 1.54) is 0 Å². The normalized spacial score (nSPS) is 31.4. The first-order valence-electron chi connectivity index (χ1n) is 11.5. The maximum atomic E-state index is 13.3. The van der Waals surface area contributed by atoms with Crippen LogP contribution in [0.2, 0.25) is 0 Å². The van der Waals surface area contributed by atoms with Crippen LogP contribution in [0.1, 0.15) is 25.7 Å². The van der Waals surface area contributed by atoms with Crippen LogP contribution in [0.3, 0.4) is 0 Å². The number of amides is 2. The summed E-state index contributed by atoms with van der Waals surface area (Å²) in [6.07, 6.45) is 3.52. The molecule has 168 valence electrons. The smallest absolute Gasteiger partial charge is 0.241 e. The van der Waals surface area contributed by atoms with Crippen molar-refractivity contribution in [3.8, 4) is 5.75 Å². The number of ether oxygens (including phenoxy) is 1. The molecule has 3 saturated heterocycles. The van der Waals surface area contributed by atoms with E-state index >= 15 is 0 Å². The molecular formula is C23H33N5O3. The molecule has 0 aromatic heterocycles. The molecule has 1 aliphatic carbocycles. The zero-order valence-corrected chi connectivity index (χ0v) is 18.5. The van der Waals surface area contributed by atoms with Crippen molar-refractivity contribution in [2.75, 3.05) is 51.8 Å². The Bertz CT molecular complexity index is 840. The van der Waals surface area contributed by atoms with Crippen molar-refractivity contribution in [2.24, 2.45) is 5.92 Å². The quantitative estimate of drug-likeness (QED) is 0.774. The van der Waals surface area contributed by atoms with Crippen LogP contribution in [0.5, 0.6) is 5.75 Å². The number of hydrogen-bond donors (Lipinski definition) is 1. The summed E-state index contributed by atoms with van der Waals surface area (Å²) in [6.45, 7) is 4.01. The third kappa shape index (κ3) is 3.65. The first kappa shape index (κ1) is 20.6. The molecule has 1 N–H and O–H groups in total. The fourth-order valence-electron chi connectivity index (χ4n) is 5.92. The molecule has 4 unspecified atom stereocenters. The third-order valence-corrected chi connectivity index (χ3v) is 7.68. The topological polar surface area (TPSA) is 68.4 Å². The monoisotopic (exact) mass is 427 g/mol. The molecule has 8 nitrogen and oxygen atoms in total. The number of likely N-dealkylation sites (N-methyl/N-ethyl adjacent to an activating group) is 1. The van der Waals surface area contributed by atoms with E-state index in [1.807, 2.05) is 35.0 Å². The highest BCUT2D eigenvalue weighted by Gasteiger charge is 2.50. The van der Waals surface area contributed by atoms with Gasteiger partial charge in [0.25, 0.3) is 0 Å². The molecule has 0 spiro atoms. The van der Waals surface area contributed by atoms with E-state index in [0.717, 1.165) is 69.8 Å². The van der Waals surface area contributed by atoms with Crippen LogP contribution < -0.4 is 15.1 Å². The lowest BCUT2D eigenvalue weighted by Gasteiger charge is -2.51. The van der Waals surface area contributed by atoms with Crippen LogP contribution in [-0.4, -0.2) is 91.6 Å². The standard InChI is InChI=1S/C23H33N5O3/c1-25-21-14-16(6-7-19(21)28-20(23(25)30)8-9-24-28)22(29)27-12-10-26(11-13-27)17-4-3-5-18(15-17)31-2/h3-5,15-16,19-21,24H,6-14H2,1-2H3. The van der Waals surface area contributed by atoms with Gasteiger partial charge in [-0.05, 0) is 37.8 Å². The second-order valence-corrected chi connectivity index (χ2v) is 9.23. The van der Waals surface area contributed by atoms with Crippen molar-refractivity contribution in [1.29, 1.82) is 0 Å². The van der Waals surface area contributed by atoms with Crippen LogP contribution >= 0.6 is 0 Å². The minimum Gasteiger partial charge on any atom is -0.497 e. The molecule has 31 heavy (non-hydrogen) atoms. The van der Waals surface area contributed by atoms with Gasteiger partial charge in [0, 0.05) is 69.5 Å². The van der Waals surface area contributed by atoms with Crippen LogP contribution in [0.25, 0.3) is 0 Å². The number of hydrazine groups is 1. The Hall–Kier alpha value is -2.32. The highest BCUT2D eigenvalue weighted by molar-refractivity contribution is 5.84. The van der Waals surface area contributed by atoms with E-state index in [1.54, 1.807) is 7.11 Å². The van der Waals surface area contributed by atoms with Gasteiger partial charge in [-0.25, -0.2) is 5.01 Å². The van der Waals surface area contributed by atoms with Gasteiger partial charge in [0.1, 0.15) is 11.8 Å². The van der Waals surface area contributed by atoms with Crippen LogP contribution in [0.4, 0.5) is 5.69 Å². The van der Waals surface area contributed by atoms with Crippen LogP contribution in [0, 0.1) is 5.92 Å². The first-order valence-corrected chi connectivity index (χ1v) is 11.5. The highest BCUT2D eigenvalue weighted by Crippen LogP contribution is 2.37. The maximum absolute atomic E-state index is 13.3. The van der Waals surface area contributed by atoms with Gasteiger partial charge in [0.2, 0.25) is 11.8 Å². The Labute approximate surface area is 184 Å². The largest absolute Gasteiger partial charge is 0.497 e. The van der Waals surface area contributed by atoms with Crippen LogP contribution in [0.15, 0.2) is 24.3 Å². The van der Waals surface area contributed by atoms with Crippen molar-refractivity contribution in [3.63, 3.8) is 0 Å². The second kappa shape index (κ2) is 8.31. The summed E-state index contributed by atoms with van der Waals surface area (Å²) in [5.74, 6) is 1.33. The molecular weight excluding hydrogens is 394 g/mol. The van der Waals surface area contributed by atoms with Gasteiger partial charge in [0.05, 0.1) is 7.11 Å². The van der Waals surface area contributed by atoms with Gasteiger partial charge in [-0.15, -0.1) is 0 Å². The lowest BCUT2D eigenvalue weighted by Crippen LogP contribution is -2.67. The minimum atomic E-state index is -0.0248. The Morgan fingerprint density at radius 1 is 1.10 bits per heavy atom. The summed E-state index contributed by atoms with van der Waals surface area (Å²) in [6, 6.07) is 8.52. The SMILES string of the molecule is COc1cccc(N2CCN(C(=O)C3CCC4C(C3)N(C)C(=O)C3CCNN34)CC2)c1. The summed E-state index contributed by atoms with van der Waals surface area (Å²) in [5, 5.41) is 2.20. The summed E-state index contributed by atoms with van der Waals surface area (Å²) in [4.78, 5) is 32.4. The molecule has 1 aromatic carbocycles. The van der Waals surface area contributed by atoms with Gasteiger partial charge in [-0.3, -0.25) is 15.0 Å². The van der Waals surface area contributed by atoms with Gasteiger partial charge in [0.15, 0.2) is 0 Å². The molecule has 0 bridgehead atoms. The fraction of sp³-hybridized carbons (Fsp3) is 0.652. The van der Waals surface area contributed by atoms with Gasteiger partial charge < -0.3 is 19.4 Å². The Morgan fingerprint density at radius 2 is 1.90 bits per heavy atom.